The summed E-state index contributed by atoms with van der Waals surface area (Å²) in [6.07, 6.45) is -3.39. The van der Waals surface area contributed by atoms with Gasteiger partial charge < -0.3 is 19.6 Å². The molecule has 0 aliphatic heterocycles. The average molecular weight is 309 g/mol. The summed E-state index contributed by atoms with van der Waals surface area (Å²) in [5.41, 5.74) is 0. The van der Waals surface area contributed by atoms with E-state index in [0.29, 0.717) is 0 Å². The molecule has 0 fully saturated rings. The van der Waals surface area contributed by atoms with Gasteiger partial charge in [-0.2, -0.15) is 13.2 Å². The molecule has 0 amide bonds. The Labute approximate surface area is 114 Å². The second-order valence-electron chi connectivity index (χ2n) is 3.72. The van der Waals surface area contributed by atoms with Gasteiger partial charge in [-0.25, -0.2) is 4.98 Å². The standard InChI is InChI=1S/C8H8F3N6O2S/c1-15-3-12-4(17(18)19)5(15)20-7-14-13-6(16(7)2)8(9,10)11/h3,18H,1-2H3/q-1. The fourth-order valence-electron chi connectivity index (χ4n) is 1.39. The Morgan fingerprint density at radius 3 is 2.50 bits per heavy atom. The minimum atomic E-state index is -4.63. The van der Waals surface area contributed by atoms with Crippen LogP contribution >= 0.6 is 11.8 Å². The first-order valence-electron chi connectivity index (χ1n) is 5.03. The molecule has 0 spiro atoms. The third kappa shape index (κ3) is 2.57. The van der Waals surface area contributed by atoms with Crippen molar-refractivity contribution < 1.29 is 18.4 Å². The van der Waals surface area contributed by atoms with Crippen molar-refractivity contribution in [2.24, 2.45) is 14.1 Å². The number of nitrogens with zero attached hydrogens (tertiary/aromatic N) is 6. The Hall–Kier alpha value is -1.79. The Morgan fingerprint density at radius 2 is 2.00 bits per heavy atom. The summed E-state index contributed by atoms with van der Waals surface area (Å²) < 4.78 is 39.8. The summed E-state index contributed by atoms with van der Waals surface area (Å²) >= 11 is 0.728. The van der Waals surface area contributed by atoms with E-state index in [4.69, 9.17) is 5.21 Å². The minimum Gasteiger partial charge on any atom is -0.732 e. The zero-order chi connectivity index (χ0) is 15.1. The molecule has 0 radical (unpaired) electrons. The first kappa shape index (κ1) is 14.6. The van der Waals surface area contributed by atoms with Crippen molar-refractivity contribution in [3.05, 3.63) is 17.4 Å². The van der Waals surface area contributed by atoms with Gasteiger partial charge in [0.15, 0.2) is 11.0 Å². The lowest BCUT2D eigenvalue weighted by Gasteiger charge is -2.19. The van der Waals surface area contributed by atoms with Crippen molar-refractivity contribution in [3.8, 4) is 0 Å². The summed E-state index contributed by atoms with van der Waals surface area (Å²) in [4.78, 5) is 3.62. The van der Waals surface area contributed by atoms with Crippen molar-refractivity contribution in [3.63, 3.8) is 0 Å². The molecule has 0 bridgehead atoms. The van der Waals surface area contributed by atoms with Gasteiger partial charge >= 0.3 is 6.18 Å². The minimum absolute atomic E-state index is 0.0935. The number of aryl methyl sites for hydroxylation is 1. The molecule has 0 unspecified atom stereocenters. The molecule has 2 heterocycles. The van der Waals surface area contributed by atoms with E-state index in [0.717, 1.165) is 23.4 Å². The van der Waals surface area contributed by atoms with Crippen molar-refractivity contribution in [2.45, 2.75) is 16.4 Å². The van der Waals surface area contributed by atoms with Crippen LogP contribution in [0.2, 0.25) is 0 Å². The number of rotatable bonds is 3. The quantitative estimate of drug-likeness (QED) is 0.856. The number of hydrogen-bond acceptors (Lipinski definition) is 7. The maximum Gasteiger partial charge on any atom is 0.451 e. The molecule has 0 aliphatic carbocycles. The maximum absolute atomic E-state index is 12.6. The molecule has 20 heavy (non-hydrogen) atoms. The largest absolute Gasteiger partial charge is 0.732 e. The zero-order valence-electron chi connectivity index (χ0n) is 10.2. The lowest BCUT2D eigenvalue weighted by Crippen LogP contribution is -2.13. The Morgan fingerprint density at radius 1 is 1.35 bits per heavy atom. The first-order valence-corrected chi connectivity index (χ1v) is 5.85. The van der Waals surface area contributed by atoms with Crippen LogP contribution in [0.4, 0.5) is 19.0 Å². The van der Waals surface area contributed by atoms with Gasteiger partial charge in [0.2, 0.25) is 5.82 Å². The van der Waals surface area contributed by atoms with Crippen LogP contribution in [0.15, 0.2) is 16.5 Å². The van der Waals surface area contributed by atoms with Crippen LogP contribution in [-0.4, -0.2) is 29.5 Å². The van der Waals surface area contributed by atoms with Crippen LogP contribution in [0, 0.1) is 5.21 Å². The summed E-state index contributed by atoms with van der Waals surface area (Å²) in [6.45, 7) is 0. The number of halogens is 3. The second kappa shape index (κ2) is 4.96. The van der Waals surface area contributed by atoms with Crippen LogP contribution in [0.25, 0.3) is 0 Å². The van der Waals surface area contributed by atoms with Gasteiger partial charge in [-0.3, -0.25) is 5.21 Å². The molecule has 1 N–H and O–H groups in total. The third-order valence-electron chi connectivity index (χ3n) is 2.32. The van der Waals surface area contributed by atoms with Crippen LogP contribution in [-0.2, 0) is 20.3 Å². The lowest BCUT2D eigenvalue weighted by atomic mass is 10.6. The lowest BCUT2D eigenvalue weighted by molar-refractivity contribution is -0.147. The topological polar surface area (TPSA) is 95.1 Å². The van der Waals surface area contributed by atoms with Crippen molar-refractivity contribution in [2.75, 3.05) is 5.23 Å². The highest BCUT2D eigenvalue weighted by Crippen LogP contribution is 2.35. The third-order valence-corrected chi connectivity index (χ3v) is 3.52. The van der Waals surface area contributed by atoms with Crippen LogP contribution in [0.1, 0.15) is 5.82 Å². The summed E-state index contributed by atoms with van der Waals surface area (Å²) in [5, 5.41) is 25.8. The van der Waals surface area contributed by atoms with E-state index in [2.05, 4.69) is 15.2 Å². The van der Waals surface area contributed by atoms with E-state index < -0.39 is 17.2 Å². The number of imidazole rings is 1. The smallest absolute Gasteiger partial charge is 0.451 e. The Kier molecular flexibility index (Phi) is 3.62. The predicted molar refractivity (Wildman–Crippen MR) is 61.0 cm³/mol. The molecule has 2 aromatic rings. The molecule has 0 atom stereocenters. The SMILES string of the molecule is Cn1cnc(N([O-])O)c1Sc1nnc(C(F)(F)F)n1C. The molecule has 110 valence electrons. The summed E-state index contributed by atoms with van der Waals surface area (Å²) in [7, 11) is 2.67. The molecule has 0 aromatic carbocycles. The molecule has 8 nitrogen and oxygen atoms in total. The maximum atomic E-state index is 12.6. The molecule has 0 aliphatic rings. The summed E-state index contributed by atoms with van der Waals surface area (Å²) in [5.74, 6) is -1.50. The number of hydrogen-bond donors (Lipinski definition) is 1. The van der Waals surface area contributed by atoms with Gasteiger partial charge in [-0.15, -0.1) is 10.2 Å². The van der Waals surface area contributed by atoms with E-state index in [1.165, 1.54) is 17.9 Å². The number of alkyl halides is 3. The van der Waals surface area contributed by atoms with Crippen LogP contribution < -0.4 is 5.23 Å². The zero-order valence-corrected chi connectivity index (χ0v) is 11.0. The van der Waals surface area contributed by atoms with Crippen molar-refractivity contribution >= 4 is 17.6 Å². The van der Waals surface area contributed by atoms with Gasteiger partial charge in [0.05, 0.1) is 6.33 Å². The van der Waals surface area contributed by atoms with E-state index in [-0.39, 0.29) is 16.0 Å². The Balaban J connectivity index is 2.37. The summed E-state index contributed by atoms with van der Waals surface area (Å²) in [6, 6.07) is 0. The van der Waals surface area contributed by atoms with Gasteiger partial charge in [-0.1, -0.05) is 0 Å². The van der Waals surface area contributed by atoms with E-state index in [9.17, 15) is 18.4 Å². The normalized spacial score (nSPS) is 11.9. The highest BCUT2D eigenvalue weighted by Gasteiger charge is 2.37. The molecule has 0 saturated carbocycles. The van der Waals surface area contributed by atoms with Gasteiger partial charge in [0.1, 0.15) is 5.03 Å². The van der Waals surface area contributed by atoms with Crippen LogP contribution in [0.3, 0.4) is 0 Å². The highest BCUT2D eigenvalue weighted by atomic mass is 32.2. The van der Waals surface area contributed by atoms with Gasteiger partial charge in [0.25, 0.3) is 0 Å². The fraction of sp³-hybridized carbons (Fsp3) is 0.375. The average Bonchev–Trinajstić information content (AvgIpc) is 2.84. The fourth-order valence-corrected chi connectivity index (χ4v) is 2.28. The number of anilines is 1. The molecule has 2 aromatic heterocycles. The van der Waals surface area contributed by atoms with E-state index in [1.807, 2.05) is 0 Å². The highest BCUT2D eigenvalue weighted by molar-refractivity contribution is 7.99. The number of aromatic nitrogens is 5. The Bertz CT molecular complexity index is 622. The van der Waals surface area contributed by atoms with E-state index in [1.54, 1.807) is 0 Å². The molecular weight excluding hydrogens is 301 g/mol. The van der Waals surface area contributed by atoms with Crippen molar-refractivity contribution in [1.29, 1.82) is 0 Å². The second-order valence-corrected chi connectivity index (χ2v) is 4.68. The monoisotopic (exact) mass is 309 g/mol. The molecule has 0 saturated heterocycles. The first-order chi connectivity index (χ1) is 9.21. The molecule has 12 heteroatoms. The van der Waals surface area contributed by atoms with Crippen molar-refractivity contribution in [1.82, 2.24) is 24.3 Å². The van der Waals surface area contributed by atoms with Gasteiger partial charge in [0, 0.05) is 14.1 Å². The van der Waals surface area contributed by atoms with E-state index >= 15 is 0 Å². The predicted octanol–water partition coefficient (Wildman–Crippen LogP) is 1.41. The molecular formula is C8H8F3N6O2S-. The van der Waals surface area contributed by atoms with Gasteiger partial charge in [-0.05, 0) is 11.8 Å². The molecule has 2 rings (SSSR count). The van der Waals surface area contributed by atoms with Crippen LogP contribution in [0.5, 0.6) is 0 Å².